The highest BCUT2D eigenvalue weighted by Gasteiger charge is 2.10. The van der Waals surface area contributed by atoms with E-state index in [2.05, 4.69) is 12.0 Å². The third-order valence-electron chi connectivity index (χ3n) is 2.91. The molecule has 1 heterocycles. The molecule has 0 atom stereocenters. The van der Waals surface area contributed by atoms with Crippen molar-refractivity contribution in [3.8, 4) is 5.75 Å². The monoisotopic (exact) mass is 292 g/mol. The Morgan fingerprint density at radius 3 is 2.75 bits per heavy atom. The second-order valence-electron chi connectivity index (χ2n) is 4.48. The van der Waals surface area contributed by atoms with Crippen LogP contribution in [0.3, 0.4) is 0 Å². The number of rotatable bonds is 6. The van der Waals surface area contributed by atoms with Gasteiger partial charge in [-0.05, 0) is 12.0 Å². The van der Waals surface area contributed by atoms with E-state index >= 15 is 0 Å². The minimum absolute atomic E-state index is 0.0898. The van der Waals surface area contributed by atoms with Crippen LogP contribution in [0, 0.1) is 0 Å². The van der Waals surface area contributed by atoms with Gasteiger partial charge in [0.25, 0.3) is 5.56 Å². The van der Waals surface area contributed by atoms with E-state index in [0.717, 1.165) is 18.4 Å². The highest BCUT2D eigenvalue weighted by Crippen LogP contribution is 2.19. The Hall–Kier alpha value is -1.81. The Kier molecular flexibility index (Phi) is 5.18. The summed E-state index contributed by atoms with van der Waals surface area (Å²) in [6, 6.07) is 9.70. The van der Waals surface area contributed by atoms with Crippen LogP contribution >= 0.6 is 11.6 Å². The lowest BCUT2D eigenvalue weighted by Crippen LogP contribution is -2.23. The van der Waals surface area contributed by atoms with Gasteiger partial charge in [-0.1, -0.05) is 55.3 Å². The van der Waals surface area contributed by atoms with Gasteiger partial charge in [-0.3, -0.25) is 4.79 Å². The summed E-state index contributed by atoms with van der Waals surface area (Å²) in [4.78, 5) is 12.0. The van der Waals surface area contributed by atoms with Gasteiger partial charge in [-0.15, -0.1) is 0 Å². The molecule has 0 amide bonds. The molecule has 2 aromatic rings. The molecule has 2 rings (SSSR count). The van der Waals surface area contributed by atoms with Crippen LogP contribution in [0.15, 0.2) is 41.3 Å². The molecule has 0 bridgehead atoms. The van der Waals surface area contributed by atoms with E-state index in [4.69, 9.17) is 16.3 Å². The van der Waals surface area contributed by atoms with Crippen molar-refractivity contribution in [1.82, 2.24) is 9.78 Å². The Balaban J connectivity index is 2.09. The molecule has 0 aliphatic rings. The topological polar surface area (TPSA) is 44.1 Å². The first-order chi connectivity index (χ1) is 9.72. The summed E-state index contributed by atoms with van der Waals surface area (Å²) < 4.78 is 6.93. The smallest absolute Gasteiger partial charge is 0.289 e. The number of hydrogen-bond donors (Lipinski definition) is 0. The van der Waals surface area contributed by atoms with Crippen LogP contribution < -0.4 is 10.3 Å². The summed E-state index contributed by atoms with van der Waals surface area (Å²) in [5.41, 5.74) is 0.712. The number of halogens is 1. The van der Waals surface area contributed by atoms with Gasteiger partial charge in [-0.25, -0.2) is 4.68 Å². The van der Waals surface area contributed by atoms with Crippen molar-refractivity contribution in [3.05, 3.63) is 57.5 Å². The number of ether oxygens (including phenoxy) is 1. The maximum Gasteiger partial charge on any atom is 0.289 e. The quantitative estimate of drug-likeness (QED) is 0.821. The van der Waals surface area contributed by atoms with Gasteiger partial charge in [0.2, 0.25) is 0 Å². The molecule has 0 fully saturated rings. The first kappa shape index (κ1) is 14.6. The van der Waals surface area contributed by atoms with Crippen LogP contribution in [-0.4, -0.2) is 9.78 Å². The molecule has 0 aliphatic carbocycles. The largest absolute Gasteiger partial charge is 0.485 e. The first-order valence-electron chi connectivity index (χ1n) is 6.64. The van der Waals surface area contributed by atoms with Gasteiger partial charge in [0.05, 0.1) is 6.20 Å². The summed E-state index contributed by atoms with van der Waals surface area (Å²) in [6.07, 6.45) is 3.40. The van der Waals surface area contributed by atoms with E-state index in [1.54, 1.807) is 0 Å². The van der Waals surface area contributed by atoms with Gasteiger partial charge < -0.3 is 4.74 Å². The Morgan fingerprint density at radius 1 is 1.30 bits per heavy atom. The van der Waals surface area contributed by atoms with Gasteiger partial charge >= 0.3 is 0 Å². The minimum Gasteiger partial charge on any atom is -0.485 e. The third kappa shape index (κ3) is 3.61. The van der Waals surface area contributed by atoms with Gasteiger partial charge in [-0.2, -0.15) is 5.10 Å². The highest BCUT2D eigenvalue weighted by molar-refractivity contribution is 6.31. The summed E-state index contributed by atoms with van der Waals surface area (Å²) in [5.74, 6) is 0.327. The summed E-state index contributed by atoms with van der Waals surface area (Å²) >= 11 is 6.05. The van der Waals surface area contributed by atoms with Crippen LogP contribution in [0.25, 0.3) is 0 Å². The minimum atomic E-state index is -0.300. The van der Waals surface area contributed by atoms with E-state index < -0.39 is 0 Å². The molecular weight excluding hydrogens is 276 g/mol. The summed E-state index contributed by atoms with van der Waals surface area (Å²) in [5, 5.41) is 4.17. The maximum atomic E-state index is 12.0. The van der Waals surface area contributed by atoms with Gasteiger partial charge in [0, 0.05) is 6.54 Å². The van der Waals surface area contributed by atoms with Crippen LogP contribution in [0.5, 0.6) is 5.75 Å². The predicted molar refractivity (Wildman–Crippen MR) is 79.2 cm³/mol. The fourth-order valence-electron chi connectivity index (χ4n) is 1.75. The molecule has 1 aromatic heterocycles. The Labute approximate surface area is 123 Å². The lowest BCUT2D eigenvalue weighted by molar-refractivity contribution is 0.302. The molecule has 0 N–H and O–H groups in total. The van der Waals surface area contributed by atoms with Crippen LogP contribution in [-0.2, 0) is 13.2 Å². The number of benzene rings is 1. The Morgan fingerprint density at radius 2 is 2.05 bits per heavy atom. The summed E-state index contributed by atoms with van der Waals surface area (Å²) in [6.45, 7) is 3.00. The molecular formula is C15H17ClN2O2. The zero-order chi connectivity index (χ0) is 14.4. The Bertz CT molecular complexity index is 611. The van der Waals surface area contributed by atoms with E-state index in [-0.39, 0.29) is 10.6 Å². The van der Waals surface area contributed by atoms with E-state index in [9.17, 15) is 4.79 Å². The van der Waals surface area contributed by atoms with E-state index in [1.165, 1.54) is 10.9 Å². The zero-order valence-corrected chi connectivity index (χ0v) is 12.1. The molecule has 4 nitrogen and oxygen atoms in total. The van der Waals surface area contributed by atoms with Gasteiger partial charge in [0.15, 0.2) is 10.8 Å². The lowest BCUT2D eigenvalue weighted by Gasteiger charge is -2.09. The SMILES string of the molecule is CCCCn1ncc(OCc2ccccc2)c(Cl)c1=O. The molecule has 0 saturated heterocycles. The molecule has 5 heteroatoms. The number of nitrogens with zero attached hydrogens (tertiary/aromatic N) is 2. The van der Waals surface area contributed by atoms with Crippen molar-refractivity contribution in [2.24, 2.45) is 0 Å². The average molecular weight is 293 g/mol. The van der Waals surface area contributed by atoms with Crippen molar-refractivity contribution >= 4 is 11.6 Å². The number of unbranched alkanes of at least 4 members (excludes halogenated alkanes) is 1. The van der Waals surface area contributed by atoms with E-state index in [1.807, 2.05) is 30.3 Å². The predicted octanol–water partition coefficient (Wildman–Crippen LogP) is 3.28. The second-order valence-corrected chi connectivity index (χ2v) is 4.86. The van der Waals surface area contributed by atoms with Crippen LogP contribution in [0.4, 0.5) is 0 Å². The van der Waals surface area contributed by atoms with Crippen LogP contribution in [0.1, 0.15) is 25.3 Å². The molecule has 0 saturated carbocycles. The zero-order valence-electron chi connectivity index (χ0n) is 11.4. The third-order valence-corrected chi connectivity index (χ3v) is 3.26. The molecule has 0 aliphatic heterocycles. The molecule has 106 valence electrons. The number of aromatic nitrogens is 2. The average Bonchev–Trinajstić information content (AvgIpc) is 2.49. The number of aryl methyl sites for hydroxylation is 1. The van der Waals surface area contributed by atoms with Crippen molar-refractivity contribution in [2.75, 3.05) is 0 Å². The maximum absolute atomic E-state index is 12.0. The van der Waals surface area contributed by atoms with Crippen LogP contribution in [0.2, 0.25) is 5.02 Å². The van der Waals surface area contributed by atoms with Crippen molar-refractivity contribution < 1.29 is 4.74 Å². The van der Waals surface area contributed by atoms with Crippen molar-refractivity contribution in [3.63, 3.8) is 0 Å². The van der Waals surface area contributed by atoms with Gasteiger partial charge in [0.1, 0.15) is 6.61 Å². The molecule has 1 aromatic carbocycles. The second kappa shape index (κ2) is 7.10. The van der Waals surface area contributed by atoms with Crippen molar-refractivity contribution in [2.45, 2.75) is 32.9 Å². The first-order valence-corrected chi connectivity index (χ1v) is 7.02. The fraction of sp³-hybridized carbons (Fsp3) is 0.333. The summed E-state index contributed by atoms with van der Waals surface area (Å²) in [7, 11) is 0. The molecule has 0 spiro atoms. The molecule has 0 radical (unpaired) electrons. The molecule has 20 heavy (non-hydrogen) atoms. The van der Waals surface area contributed by atoms with E-state index in [0.29, 0.717) is 18.9 Å². The lowest BCUT2D eigenvalue weighted by atomic mass is 10.2. The standard InChI is InChI=1S/C15H17ClN2O2/c1-2-3-9-18-15(19)14(16)13(10-17-18)20-11-12-7-5-4-6-8-12/h4-8,10H,2-3,9,11H2,1H3. The highest BCUT2D eigenvalue weighted by atomic mass is 35.5. The fourth-order valence-corrected chi connectivity index (χ4v) is 1.95. The number of hydrogen-bond acceptors (Lipinski definition) is 3. The molecule has 0 unspecified atom stereocenters. The van der Waals surface area contributed by atoms with Crippen molar-refractivity contribution in [1.29, 1.82) is 0 Å². The normalized spacial score (nSPS) is 10.5.